The summed E-state index contributed by atoms with van der Waals surface area (Å²) in [5, 5.41) is 0. The second-order valence-corrected chi connectivity index (χ2v) is 15.0. The predicted molar refractivity (Wildman–Crippen MR) is 251 cm³/mol. The van der Waals surface area contributed by atoms with E-state index >= 15 is 0 Å². The van der Waals surface area contributed by atoms with Gasteiger partial charge in [-0.1, -0.05) is 206 Å². The molecule has 0 radical (unpaired) electrons. The molecule has 2 heterocycles. The zero-order chi connectivity index (χ0) is 40.1. The minimum atomic E-state index is 0.954. The second kappa shape index (κ2) is 16.5. The van der Waals surface area contributed by atoms with E-state index in [9.17, 15) is 0 Å². The third-order valence-corrected chi connectivity index (χ3v) is 11.1. The van der Waals surface area contributed by atoms with Gasteiger partial charge in [0.15, 0.2) is 0 Å². The number of pyridine rings is 2. The first kappa shape index (κ1) is 36.4. The molecule has 0 saturated heterocycles. The van der Waals surface area contributed by atoms with Gasteiger partial charge < -0.3 is 0 Å². The molecule has 0 unspecified atom stereocenters. The average Bonchev–Trinajstić information content (AvgIpc) is 3.35. The number of nitrogens with zero attached hydrogens (tertiary/aromatic N) is 2. The smallest absolute Gasteiger partial charge is 0.0715 e. The molecule has 2 heteroatoms. The highest BCUT2D eigenvalue weighted by molar-refractivity contribution is 5.82. The summed E-state index contributed by atoms with van der Waals surface area (Å²) in [6, 6.07) is 85.9. The summed E-state index contributed by atoms with van der Waals surface area (Å²) < 4.78 is 0. The van der Waals surface area contributed by atoms with Gasteiger partial charge in [0.05, 0.1) is 22.8 Å². The summed E-state index contributed by atoms with van der Waals surface area (Å²) in [6.07, 6.45) is 0. The van der Waals surface area contributed by atoms with Gasteiger partial charge in [-0.2, -0.15) is 0 Å². The third-order valence-electron chi connectivity index (χ3n) is 11.1. The van der Waals surface area contributed by atoms with Crippen molar-refractivity contribution in [2.24, 2.45) is 0 Å². The first-order chi connectivity index (χ1) is 29.7. The minimum absolute atomic E-state index is 0.954. The molecule has 10 rings (SSSR count). The molecule has 0 spiro atoms. The molecular formula is C58H40N2. The SMILES string of the molecule is c1ccc(-c2cc(-c3ccccc3)nc(-c3ccc(-c4cccc(-c5cccc(-c6ccc(-c7cc(-c8ccccc8)nc(-c8ccccc8)c7)cc6)c5)c4)cc3)c2)cc1. The van der Waals surface area contributed by atoms with Crippen LogP contribution in [-0.4, -0.2) is 9.97 Å². The van der Waals surface area contributed by atoms with Crippen molar-refractivity contribution in [2.45, 2.75) is 0 Å². The van der Waals surface area contributed by atoms with E-state index in [1.807, 2.05) is 18.2 Å². The van der Waals surface area contributed by atoms with Crippen LogP contribution in [0.4, 0.5) is 0 Å². The van der Waals surface area contributed by atoms with Gasteiger partial charge >= 0.3 is 0 Å². The number of hydrogen-bond donors (Lipinski definition) is 0. The van der Waals surface area contributed by atoms with Crippen molar-refractivity contribution in [3.05, 3.63) is 243 Å². The Bertz CT molecular complexity index is 2700. The molecule has 282 valence electrons. The van der Waals surface area contributed by atoms with Gasteiger partial charge in [0.1, 0.15) is 0 Å². The summed E-state index contributed by atoms with van der Waals surface area (Å²) in [7, 11) is 0. The highest BCUT2D eigenvalue weighted by Gasteiger charge is 2.12. The highest BCUT2D eigenvalue weighted by atomic mass is 14.7. The van der Waals surface area contributed by atoms with Crippen molar-refractivity contribution < 1.29 is 0 Å². The Hall–Kier alpha value is -7.94. The van der Waals surface area contributed by atoms with Gasteiger partial charge in [0, 0.05) is 22.3 Å². The average molecular weight is 765 g/mol. The highest BCUT2D eigenvalue weighted by Crippen LogP contribution is 2.35. The summed E-state index contributed by atoms with van der Waals surface area (Å²) in [5.41, 5.74) is 19.9. The number of aromatic nitrogens is 2. The maximum atomic E-state index is 5.14. The van der Waals surface area contributed by atoms with E-state index in [1.54, 1.807) is 0 Å². The van der Waals surface area contributed by atoms with Crippen LogP contribution in [0.2, 0.25) is 0 Å². The summed E-state index contributed by atoms with van der Waals surface area (Å²) in [4.78, 5) is 10.2. The molecule has 0 aliphatic rings. The van der Waals surface area contributed by atoms with Crippen LogP contribution in [0.25, 0.3) is 101 Å². The fraction of sp³-hybridized carbons (Fsp3) is 0. The van der Waals surface area contributed by atoms with E-state index in [4.69, 9.17) is 9.97 Å². The molecule has 2 aromatic heterocycles. The monoisotopic (exact) mass is 764 g/mol. The lowest BCUT2D eigenvalue weighted by Crippen LogP contribution is -1.91. The first-order valence-corrected chi connectivity index (χ1v) is 20.4. The molecular weight excluding hydrogens is 725 g/mol. The van der Waals surface area contributed by atoms with Gasteiger partial charge in [0.25, 0.3) is 0 Å². The van der Waals surface area contributed by atoms with Gasteiger partial charge in [-0.05, 0) is 92.0 Å². The van der Waals surface area contributed by atoms with Crippen LogP contribution in [0.1, 0.15) is 0 Å². The lowest BCUT2D eigenvalue weighted by Gasteiger charge is -2.12. The summed E-state index contributed by atoms with van der Waals surface area (Å²) in [5.74, 6) is 0. The maximum Gasteiger partial charge on any atom is 0.0715 e. The Morgan fingerprint density at radius 1 is 0.150 bits per heavy atom. The lowest BCUT2D eigenvalue weighted by molar-refractivity contribution is 1.32. The van der Waals surface area contributed by atoms with Crippen LogP contribution in [0.3, 0.4) is 0 Å². The minimum Gasteiger partial charge on any atom is -0.248 e. The van der Waals surface area contributed by atoms with Crippen molar-refractivity contribution in [3.8, 4) is 101 Å². The maximum absolute atomic E-state index is 5.14. The fourth-order valence-electron chi connectivity index (χ4n) is 7.89. The molecule has 0 fully saturated rings. The molecule has 0 aliphatic heterocycles. The van der Waals surface area contributed by atoms with Gasteiger partial charge in [-0.15, -0.1) is 0 Å². The van der Waals surface area contributed by atoms with E-state index in [0.29, 0.717) is 0 Å². The van der Waals surface area contributed by atoms with E-state index in [-0.39, 0.29) is 0 Å². The molecule has 2 nitrogen and oxygen atoms in total. The van der Waals surface area contributed by atoms with Crippen LogP contribution in [0.5, 0.6) is 0 Å². The molecule has 0 atom stereocenters. The predicted octanol–water partition coefficient (Wildman–Crippen LogP) is 15.5. The van der Waals surface area contributed by atoms with Gasteiger partial charge in [0.2, 0.25) is 0 Å². The summed E-state index contributed by atoms with van der Waals surface area (Å²) in [6.45, 7) is 0. The zero-order valence-corrected chi connectivity index (χ0v) is 33.0. The Morgan fingerprint density at radius 3 is 0.700 bits per heavy atom. The molecule has 0 saturated carbocycles. The normalized spacial score (nSPS) is 11.0. The Labute approximate surface area is 351 Å². The first-order valence-electron chi connectivity index (χ1n) is 20.4. The molecule has 10 aromatic rings. The topological polar surface area (TPSA) is 25.8 Å². The standard InChI is InChI=1S/C58H40N2/c1-5-15-41(16-6-1)53-37-55(45-17-7-2-8-18-45)60-58(38-53)48-33-31-43(32-34-48)50-24-14-26-52(36-50)51-25-13-23-49(35-51)42-27-29-44(30-28-42)54-39-56(46-19-9-3-10-20-46)59-57(40-54)47-21-11-4-12-22-47/h1-40H. The van der Waals surface area contributed by atoms with Crippen LogP contribution < -0.4 is 0 Å². The van der Waals surface area contributed by atoms with Crippen LogP contribution in [0, 0.1) is 0 Å². The lowest BCUT2D eigenvalue weighted by atomic mass is 9.94. The van der Waals surface area contributed by atoms with Crippen LogP contribution in [0.15, 0.2) is 243 Å². The largest absolute Gasteiger partial charge is 0.248 e. The van der Waals surface area contributed by atoms with Gasteiger partial charge in [-0.3, -0.25) is 0 Å². The van der Waals surface area contributed by atoms with Gasteiger partial charge in [-0.25, -0.2) is 9.97 Å². The summed E-state index contributed by atoms with van der Waals surface area (Å²) >= 11 is 0. The molecule has 60 heavy (non-hydrogen) atoms. The molecule has 0 bridgehead atoms. The Balaban J connectivity index is 0.918. The van der Waals surface area contributed by atoms with E-state index < -0.39 is 0 Å². The van der Waals surface area contributed by atoms with Crippen molar-refractivity contribution in [3.63, 3.8) is 0 Å². The van der Waals surface area contributed by atoms with Crippen molar-refractivity contribution in [2.75, 3.05) is 0 Å². The second-order valence-electron chi connectivity index (χ2n) is 15.0. The van der Waals surface area contributed by atoms with Crippen molar-refractivity contribution in [1.82, 2.24) is 9.97 Å². The quantitative estimate of drug-likeness (QED) is 0.146. The van der Waals surface area contributed by atoms with Crippen LogP contribution in [-0.2, 0) is 0 Å². The van der Waals surface area contributed by atoms with E-state index in [2.05, 4.69) is 224 Å². The molecule has 0 aliphatic carbocycles. The number of rotatable bonds is 9. The number of benzene rings is 8. The third kappa shape index (κ3) is 7.83. The fourth-order valence-corrected chi connectivity index (χ4v) is 7.89. The van der Waals surface area contributed by atoms with Crippen molar-refractivity contribution >= 4 is 0 Å². The zero-order valence-electron chi connectivity index (χ0n) is 33.0. The molecule has 8 aromatic carbocycles. The molecule has 0 N–H and O–H groups in total. The van der Waals surface area contributed by atoms with E-state index in [0.717, 1.165) is 67.3 Å². The van der Waals surface area contributed by atoms with E-state index in [1.165, 1.54) is 33.4 Å². The Morgan fingerprint density at radius 2 is 0.367 bits per heavy atom. The van der Waals surface area contributed by atoms with Crippen LogP contribution >= 0.6 is 0 Å². The number of hydrogen-bond acceptors (Lipinski definition) is 2. The van der Waals surface area contributed by atoms with Crippen molar-refractivity contribution in [1.29, 1.82) is 0 Å². The molecule has 0 amide bonds. The Kier molecular flexibility index (Phi) is 10.0.